The fourth-order valence-corrected chi connectivity index (χ4v) is 4.55. The third kappa shape index (κ3) is 5.23. The highest BCUT2D eigenvalue weighted by Crippen LogP contribution is 2.40. The van der Waals surface area contributed by atoms with Gasteiger partial charge in [-0.2, -0.15) is 5.26 Å². The average Bonchev–Trinajstić information content (AvgIpc) is 2.85. The van der Waals surface area contributed by atoms with Crippen LogP contribution in [0.5, 0.6) is 5.75 Å². The van der Waals surface area contributed by atoms with E-state index in [9.17, 15) is 24.3 Å². The Morgan fingerprint density at radius 1 is 1.29 bits per heavy atom. The lowest BCUT2D eigenvalue weighted by Crippen LogP contribution is -2.57. The first-order chi connectivity index (χ1) is 16.7. The highest BCUT2D eigenvalue weighted by atomic mass is 19.1. The van der Waals surface area contributed by atoms with Crippen molar-refractivity contribution < 1.29 is 28.6 Å². The fourth-order valence-electron chi connectivity index (χ4n) is 4.55. The van der Waals surface area contributed by atoms with Gasteiger partial charge in [0.1, 0.15) is 35.9 Å². The molecule has 8 nitrogen and oxygen atoms in total. The first kappa shape index (κ1) is 24.5. The molecule has 0 bridgehead atoms. The molecule has 2 heterocycles. The summed E-state index contributed by atoms with van der Waals surface area (Å²) in [6.07, 6.45) is 0.163. The Morgan fingerprint density at radius 3 is 2.83 bits per heavy atom. The third-order valence-corrected chi connectivity index (χ3v) is 6.46. The zero-order valence-electron chi connectivity index (χ0n) is 19.7. The number of piperidine rings is 1. The maximum Gasteiger partial charge on any atom is 0.410 e. The first-order valence-electron chi connectivity index (χ1n) is 11.6. The predicted molar refractivity (Wildman–Crippen MR) is 124 cm³/mol. The number of fused-ring (bicyclic) bond motifs is 1. The minimum atomic E-state index is -1.09. The molecule has 2 N–H and O–H groups in total. The van der Waals surface area contributed by atoms with Crippen molar-refractivity contribution in [2.24, 2.45) is 0 Å². The maximum absolute atomic E-state index is 13.4. The van der Waals surface area contributed by atoms with Crippen LogP contribution in [0.4, 0.5) is 9.18 Å². The number of benzene rings is 2. The molecule has 2 aromatic carbocycles. The molecule has 2 amide bonds. The highest BCUT2D eigenvalue weighted by molar-refractivity contribution is 5.86. The largest absolute Gasteiger partial charge is 0.485 e. The quantitative estimate of drug-likeness (QED) is 0.691. The summed E-state index contributed by atoms with van der Waals surface area (Å²) < 4.78 is 24.7. The molecule has 0 aliphatic carbocycles. The lowest BCUT2D eigenvalue weighted by molar-refractivity contribution is -0.131. The number of aliphatic hydroxyl groups is 1. The summed E-state index contributed by atoms with van der Waals surface area (Å²) in [7, 11) is 0. The van der Waals surface area contributed by atoms with Gasteiger partial charge in [-0.1, -0.05) is 12.1 Å². The van der Waals surface area contributed by atoms with Crippen LogP contribution in [-0.4, -0.2) is 46.3 Å². The molecule has 3 atom stereocenters. The number of nitrogens with zero attached hydrogens (tertiary/aromatic N) is 2. The number of aliphatic hydroxyl groups excluding tert-OH is 1. The number of rotatable bonds is 4. The molecule has 35 heavy (non-hydrogen) atoms. The van der Waals surface area contributed by atoms with Crippen molar-refractivity contribution in [2.75, 3.05) is 6.54 Å². The maximum atomic E-state index is 13.4. The molecule has 0 spiro atoms. The number of nitriles is 1. The molecule has 1 saturated heterocycles. The van der Waals surface area contributed by atoms with Gasteiger partial charge in [0.25, 0.3) is 0 Å². The molecule has 2 aliphatic rings. The SMILES string of the molecule is CC1(C)Oc2ccc(C#N)cc2C(NC(=O)C2CCCCN2C(=O)OCc2cccc(F)c2)C1O. The molecule has 0 radical (unpaired) electrons. The normalized spacial score (nSPS) is 22.8. The Bertz CT molecular complexity index is 1160. The molecular weight excluding hydrogens is 453 g/mol. The van der Waals surface area contributed by atoms with Crippen LogP contribution in [0, 0.1) is 17.1 Å². The minimum absolute atomic E-state index is 0.112. The predicted octanol–water partition coefficient (Wildman–Crippen LogP) is 3.58. The Hall–Kier alpha value is -3.64. The van der Waals surface area contributed by atoms with Crippen LogP contribution >= 0.6 is 0 Å². The van der Waals surface area contributed by atoms with Crippen molar-refractivity contribution in [1.29, 1.82) is 5.26 Å². The van der Waals surface area contributed by atoms with Crippen LogP contribution < -0.4 is 10.1 Å². The molecule has 9 heteroatoms. The topological polar surface area (TPSA) is 112 Å². The standard InChI is InChI=1S/C26H28FN3O5/c1-26(2)23(31)22(19-13-16(14-28)9-10-21(19)35-26)29-24(32)20-8-3-4-11-30(20)25(33)34-15-17-6-5-7-18(27)12-17/h5-7,9-10,12-13,20,22-23,31H,3-4,8,11,15H2,1-2H3,(H,29,32). The van der Waals surface area contributed by atoms with Crippen molar-refractivity contribution in [1.82, 2.24) is 10.2 Å². The van der Waals surface area contributed by atoms with E-state index in [4.69, 9.17) is 9.47 Å². The van der Waals surface area contributed by atoms with E-state index in [0.29, 0.717) is 35.4 Å². The van der Waals surface area contributed by atoms with E-state index in [0.717, 1.165) is 12.8 Å². The van der Waals surface area contributed by atoms with E-state index in [2.05, 4.69) is 11.4 Å². The Labute approximate surface area is 203 Å². The van der Waals surface area contributed by atoms with Gasteiger partial charge in [0, 0.05) is 12.1 Å². The number of carbonyl (C=O) groups excluding carboxylic acids is 2. The number of hydrogen-bond acceptors (Lipinski definition) is 6. The number of carbonyl (C=O) groups is 2. The van der Waals surface area contributed by atoms with Gasteiger partial charge in [-0.3, -0.25) is 9.69 Å². The number of halogens is 1. The lowest BCUT2D eigenvalue weighted by atomic mass is 9.85. The molecule has 0 saturated carbocycles. The molecule has 4 rings (SSSR count). The van der Waals surface area contributed by atoms with Gasteiger partial charge in [-0.25, -0.2) is 9.18 Å². The summed E-state index contributed by atoms with van der Waals surface area (Å²) in [6, 6.07) is 11.1. The van der Waals surface area contributed by atoms with Crippen LogP contribution in [0.25, 0.3) is 0 Å². The second-order valence-electron chi connectivity index (χ2n) is 9.39. The van der Waals surface area contributed by atoms with Crippen LogP contribution in [0.1, 0.15) is 55.8 Å². The Morgan fingerprint density at radius 2 is 2.09 bits per heavy atom. The number of ether oxygens (including phenoxy) is 2. The highest BCUT2D eigenvalue weighted by Gasteiger charge is 2.45. The van der Waals surface area contributed by atoms with Gasteiger partial charge in [0.2, 0.25) is 5.91 Å². The van der Waals surface area contributed by atoms with E-state index in [1.54, 1.807) is 38.1 Å². The van der Waals surface area contributed by atoms with Crippen LogP contribution in [-0.2, 0) is 16.1 Å². The summed E-state index contributed by atoms with van der Waals surface area (Å²) in [5.41, 5.74) is 0.391. The van der Waals surface area contributed by atoms with Crippen molar-refractivity contribution in [2.45, 2.75) is 63.5 Å². The molecule has 184 valence electrons. The summed E-state index contributed by atoms with van der Waals surface area (Å²) in [4.78, 5) is 27.6. The van der Waals surface area contributed by atoms with E-state index in [1.165, 1.54) is 23.1 Å². The second kappa shape index (κ2) is 9.92. The van der Waals surface area contributed by atoms with Crippen molar-refractivity contribution in [3.8, 4) is 11.8 Å². The summed E-state index contributed by atoms with van der Waals surface area (Å²) in [6.45, 7) is 3.67. The van der Waals surface area contributed by atoms with Crippen LogP contribution in [0.2, 0.25) is 0 Å². The summed E-state index contributed by atoms with van der Waals surface area (Å²) in [5, 5.41) is 23.2. The van der Waals surface area contributed by atoms with Gasteiger partial charge >= 0.3 is 6.09 Å². The summed E-state index contributed by atoms with van der Waals surface area (Å²) in [5.74, 6) is -0.381. The van der Waals surface area contributed by atoms with Gasteiger partial charge < -0.3 is 19.9 Å². The number of amides is 2. The number of likely N-dealkylation sites (tertiary alicyclic amines) is 1. The van der Waals surface area contributed by atoms with Gasteiger partial charge in [0.15, 0.2) is 0 Å². The smallest absolute Gasteiger partial charge is 0.410 e. The van der Waals surface area contributed by atoms with Gasteiger partial charge in [-0.15, -0.1) is 0 Å². The van der Waals surface area contributed by atoms with E-state index >= 15 is 0 Å². The second-order valence-corrected chi connectivity index (χ2v) is 9.39. The number of nitrogens with one attached hydrogen (secondary N) is 1. The molecule has 2 aromatic rings. The lowest BCUT2D eigenvalue weighted by Gasteiger charge is -2.43. The van der Waals surface area contributed by atoms with Gasteiger partial charge in [-0.05, 0) is 69.0 Å². The van der Waals surface area contributed by atoms with Crippen LogP contribution in [0.15, 0.2) is 42.5 Å². The van der Waals surface area contributed by atoms with Crippen molar-refractivity contribution in [3.05, 3.63) is 65.0 Å². The zero-order valence-corrected chi connectivity index (χ0v) is 19.7. The molecule has 0 aromatic heterocycles. The van der Waals surface area contributed by atoms with Crippen LogP contribution in [0.3, 0.4) is 0 Å². The molecular formula is C26H28FN3O5. The monoisotopic (exact) mass is 481 g/mol. The van der Waals surface area contributed by atoms with Gasteiger partial charge in [0.05, 0.1) is 17.7 Å². The van der Waals surface area contributed by atoms with E-state index in [1.807, 2.05) is 0 Å². The molecule has 2 aliphatic heterocycles. The fraction of sp³-hybridized carbons (Fsp3) is 0.423. The van der Waals surface area contributed by atoms with Crippen molar-refractivity contribution in [3.63, 3.8) is 0 Å². The average molecular weight is 482 g/mol. The minimum Gasteiger partial charge on any atom is -0.485 e. The molecule has 3 unspecified atom stereocenters. The Kier molecular flexibility index (Phi) is 6.94. The summed E-state index contributed by atoms with van der Waals surface area (Å²) >= 11 is 0. The van der Waals surface area contributed by atoms with E-state index < -0.39 is 41.6 Å². The van der Waals surface area contributed by atoms with Crippen molar-refractivity contribution >= 4 is 12.0 Å². The first-order valence-corrected chi connectivity index (χ1v) is 11.6. The molecule has 1 fully saturated rings. The zero-order chi connectivity index (χ0) is 25.2. The Balaban J connectivity index is 1.51. The van der Waals surface area contributed by atoms with E-state index in [-0.39, 0.29) is 6.61 Å². The number of hydrogen-bond donors (Lipinski definition) is 2. The third-order valence-electron chi connectivity index (χ3n) is 6.46.